The van der Waals surface area contributed by atoms with Crippen molar-refractivity contribution in [1.82, 2.24) is 20.2 Å². The highest BCUT2D eigenvalue weighted by Crippen LogP contribution is 2.30. The van der Waals surface area contributed by atoms with Crippen molar-refractivity contribution in [3.63, 3.8) is 0 Å². The molecule has 4 rings (SSSR count). The van der Waals surface area contributed by atoms with Crippen LogP contribution >= 0.6 is 0 Å². The molecule has 1 amide bonds. The van der Waals surface area contributed by atoms with Crippen molar-refractivity contribution in [3.05, 3.63) is 64.2 Å². The number of anilines is 2. The Kier molecular flexibility index (Phi) is 5.56. The number of non-ortho nitro benzene ring substituents is 1. The second kappa shape index (κ2) is 8.46. The number of carbonyl (C=O) groups excluding carboxylic acids is 1. The lowest BCUT2D eigenvalue weighted by atomic mass is 9.98. The summed E-state index contributed by atoms with van der Waals surface area (Å²) in [7, 11) is 0. The highest BCUT2D eigenvalue weighted by molar-refractivity contribution is 6.08. The first-order valence-corrected chi connectivity index (χ1v) is 9.80. The molecule has 0 spiro atoms. The van der Waals surface area contributed by atoms with E-state index in [1.54, 1.807) is 6.07 Å². The lowest BCUT2D eigenvalue weighted by molar-refractivity contribution is -0.384. The van der Waals surface area contributed by atoms with Crippen LogP contribution < -0.4 is 10.2 Å². The molecule has 1 aromatic heterocycles. The molecule has 2 aromatic carbocycles. The Morgan fingerprint density at radius 2 is 2.00 bits per heavy atom. The number of rotatable bonds is 5. The normalized spacial score (nSPS) is 14.5. The molecule has 31 heavy (non-hydrogen) atoms. The summed E-state index contributed by atoms with van der Waals surface area (Å²) in [4.78, 5) is 25.8. The van der Waals surface area contributed by atoms with Gasteiger partial charge >= 0.3 is 0 Å². The van der Waals surface area contributed by atoms with E-state index in [1.807, 2.05) is 4.90 Å². The van der Waals surface area contributed by atoms with Gasteiger partial charge in [0, 0.05) is 25.2 Å². The predicted octanol–water partition coefficient (Wildman–Crippen LogP) is 3.20. The van der Waals surface area contributed by atoms with Gasteiger partial charge in [0.25, 0.3) is 11.6 Å². The van der Waals surface area contributed by atoms with Gasteiger partial charge in [-0.2, -0.15) is 0 Å². The van der Waals surface area contributed by atoms with Crippen molar-refractivity contribution in [2.45, 2.75) is 19.8 Å². The molecule has 1 N–H and O–H groups in total. The molecule has 2 heterocycles. The minimum absolute atomic E-state index is 0.0808. The zero-order valence-corrected chi connectivity index (χ0v) is 16.7. The van der Waals surface area contributed by atoms with Crippen LogP contribution in [0.2, 0.25) is 0 Å². The topological polar surface area (TPSA) is 119 Å². The summed E-state index contributed by atoms with van der Waals surface area (Å²) in [5.41, 5.74) is 0.874. The van der Waals surface area contributed by atoms with Crippen LogP contribution in [0, 0.1) is 21.8 Å². The number of nitro groups is 1. The number of nitrogens with one attached hydrogen (secondary N) is 1. The van der Waals surface area contributed by atoms with Crippen molar-refractivity contribution >= 4 is 23.0 Å². The highest BCUT2D eigenvalue weighted by Gasteiger charge is 2.24. The Labute approximate surface area is 176 Å². The SMILES string of the molecule is CC1CCN(c2ccc([N+](=O)[O-])cc2C(=O)Nc2cc(-n3cnnn3)ccc2F)CC1. The molecule has 1 aliphatic heterocycles. The fourth-order valence-corrected chi connectivity index (χ4v) is 3.57. The second-order valence-electron chi connectivity index (χ2n) is 7.50. The fourth-order valence-electron chi connectivity index (χ4n) is 3.57. The first kappa shape index (κ1) is 20.4. The van der Waals surface area contributed by atoms with E-state index in [9.17, 15) is 19.3 Å². The number of hydrogen-bond acceptors (Lipinski definition) is 7. The molecule has 0 atom stereocenters. The number of carbonyl (C=O) groups is 1. The smallest absolute Gasteiger partial charge is 0.270 e. The van der Waals surface area contributed by atoms with Gasteiger partial charge < -0.3 is 10.2 Å². The Morgan fingerprint density at radius 1 is 1.23 bits per heavy atom. The first-order chi connectivity index (χ1) is 14.9. The monoisotopic (exact) mass is 425 g/mol. The molecular formula is C20H20FN7O3. The molecule has 3 aromatic rings. The molecule has 1 saturated heterocycles. The van der Waals surface area contributed by atoms with Crippen LogP contribution in [0.3, 0.4) is 0 Å². The van der Waals surface area contributed by atoms with E-state index in [-0.39, 0.29) is 16.9 Å². The maximum atomic E-state index is 14.4. The molecule has 1 fully saturated rings. The minimum Gasteiger partial charge on any atom is -0.371 e. The van der Waals surface area contributed by atoms with E-state index in [4.69, 9.17) is 0 Å². The van der Waals surface area contributed by atoms with E-state index in [0.717, 1.165) is 25.9 Å². The zero-order chi connectivity index (χ0) is 22.0. The quantitative estimate of drug-likeness (QED) is 0.492. The van der Waals surface area contributed by atoms with Gasteiger partial charge in [0.15, 0.2) is 0 Å². The molecule has 0 bridgehead atoms. The number of halogens is 1. The number of hydrogen-bond donors (Lipinski definition) is 1. The predicted molar refractivity (Wildman–Crippen MR) is 111 cm³/mol. The van der Waals surface area contributed by atoms with E-state index >= 15 is 0 Å². The maximum absolute atomic E-state index is 14.4. The summed E-state index contributed by atoms with van der Waals surface area (Å²) in [6, 6.07) is 8.23. The van der Waals surface area contributed by atoms with Crippen molar-refractivity contribution in [1.29, 1.82) is 0 Å². The summed E-state index contributed by atoms with van der Waals surface area (Å²) >= 11 is 0. The van der Waals surface area contributed by atoms with Crippen molar-refractivity contribution in [2.75, 3.05) is 23.3 Å². The fraction of sp³-hybridized carbons (Fsp3) is 0.300. The Bertz CT molecular complexity index is 1110. The summed E-state index contributed by atoms with van der Waals surface area (Å²) < 4.78 is 15.7. The number of aromatic nitrogens is 4. The van der Waals surface area contributed by atoms with Crippen LogP contribution in [0.15, 0.2) is 42.7 Å². The van der Waals surface area contributed by atoms with Crippen LogP contribution in [0.4, 0.5) is 21.5 Å². The van der Waals surface area contributed by atoms with E-state index in [0.29, 0.717) is 17.3 Å². The van der Waals surface area contributed by atoms with Crippen LogP contribution in [0.25, 0.3) is 5.69 Å². The molecule has 11 heteroatoms. The summed E-state index contributed by atoms with van der Waals surface area (Å²) in [6.45, 7) is 3.64. The zero-order valence-electron chi connectivity index (χ0n) is 16.7. The third-order valence-corrected chi connectivity index (χ3v) is 5.37. The molecule has 0 aliphatic carbocycles. The van der Waals surface area contributed by atoms with Gasteiger partial charge in [-0.1, -0.05) is 6.92 Å². The molecule has 0 radical (unpaired) electrons. The number of tetrazole rings is 1. The van der Waals surface area contributed by atoms with Crippen molar-refractivity contribution < 1.29 is 14.1 Å². The van der Waals surface area contributed by atoms with Crippen LogP contribution in [-0.2, 0) is 0 Å². The lowest BCUT2D eigenvalue weighted by Crippen LogP contribution is -2.34. The Morgan fingerprint density at radius 3 is 2.68 bits per heavy atom. The van der Waals surface area contributed by atoms with Crippen LogP contribution in [0.5, 0.6) is 0 Å². The summed E-state index contributed by atoms with van der Waals surface area (Å²) in [5, 5.41) is 24.6. The van der Waals surface area contributed by atoms with Crippen LogP contribution in [0.1, 0.15) is 30.1 Å². The van der Waals surface area contributed by atoms with E-state index in [1.165, 1.54) is 41.3 Å². The standard InChI is InChI=1S/C20H20FN7O3/c1-13-6-8-26(9-7-13)19-5-3-15(28(30)31)10-16(19)20(29)23-18-11-14(2-4-17(18)21)27-12-22-24-25-27/h2-5,10-13H,6-9H2,1H3,(H,23,29). The molecule has 0 saturated carbocycles. The van der Waals surface area contributed by atoms with Gasteiger partial charge in [-0.3, -0.25) is 14.9 Å². The van der Waals surface area contributed by atoms with Crippen LogP contribution in [-0.4, -0.2) is 44.1 Å². The number of nitro benzene ring substituents is 1. The van der Waals surface area contributed by atoms with Gasteiger partial charge in [0.05, 0.1) is 27.5 Å². The Balaban J connectivity index is 1.67. The van der Waals surface area contributed by atoms with Gasteiger partial charge in [0.2, 0.25) is 0 Å². The van der Waals surface area contributed by atoms with Crippen molar-refractivity contribution in [3.8, 4) is 5.69 Å². The number of amides is 1. The third-order valence-electron chi connectivity index (χ3n) is 5.37. The molecular weight excluding hydrogens is 405 g/mol. The number of piperidine rings is 1. The molecule has 10 nitrogen and oxygen atoms in total. The van der Waals surface area contributed by atoms with E-state index < -0.39 is 16.6 Å². The molecule has 0 unspecified atom stereocenters. The maximum Gasteiger partial charge on any atom is 0.270 e. The lowest BCUT2D eigenvalue weighted by Gasteiger charge is -2.33. The number of benzene rings is 2. The average molecular weight is 425 g/mol. The Hall–Kier alpha value is -3.89. The largest absolute Gasteiger partial charge is 0.371 e. The average Bonchev–Trinajstić information content (AvgIpc) is 3.30. The van der Waals surface area contributed by atoms with Gasteiger partial charge in [-0.05, 0) is 53.5 Å². The van der Waals surface area contributed by atoms with Gasteiger partial charge in [0.1, 0.15) is 12.1 Å². The third kappa shape index (κ3) is 4.34. The summed E-state index contributed by atoms with van der Waals surface area (Å²) in [5.74, 6) is -0.705. The van der Waals surface area contributed by atoms with Gasteiger partial charge in [-0.25, -0.2) is 9.07 Å². The van der Waals surface area contributed by atoms with E-state index in [2.05, 4.69) is 27.8 Å². The minimum atomic E-state index is -0.649. The molecule has 1 aliphatic rings. The summed E-state index contributed by atoms with van der Waals surface area (Å²) in [6.07, 6.45) is 3.26. The molecule has 160 valence electrons. The van der Waals surface area contributed by atoms with Crippen molar-refractivity contribution in [2.24, 2.45) is 5.92 Å². The highest BCUT2D eigenvalue weighted by atomic mass is 19.1. The number of nitrogens with zero attached hydrogens (tertiary/aromatic N) is 6. The van der Waals surface area contributed by atoms with Gasteiger partial charge in [-0.15, -0.1) is 5.10 Å². The first-order valence-electron chi connectivity index (χ1n) is 9.80. The second-order valence-corrected chi connectivity index (χ2v) is 7.50.